The van der Waals surface area contributed by atoms with E-state index in [1.54, 1.807) is 0 Å². The van der Waals surface area contributed by atoms with Gasteiger partial charge in [0.05, 0.1) is 25.2 Å². The summed E-state index contributed by atoms with van der Waals surface area (Å²) in [6.07, 6.45) is 0. The Labute approximate surface area is 154 Å². The SMILES string of the molecule is CC(C(=O)NN1CCOCC1)C(C#N)(c1ccccc1)c1ccccc1. The van der Waals surface area contributed by atoms with Crippen molar-refractivity contribution in [3.8, 4) is 6.07 Å². The van der Waals surface area contributed by atoms with Gasteiger partial charge in [-0.1, -0.05) is 67.6 Å². The lowest BCUT2D eigenvalue weighted by Crippen LogP contribution is -2.53. The van der Waals surface area contributed by atoms with Gasteiger partial charge in [-0.25, -0.2) is 5.01 Å². The Morgan fingerprint density at radius 1 is 1.08 bits per heavy atom. The third kappa shape index (κ3) is 3.48. The van der Waals surface area contributed by atoms with Gasteiger partial charge in [0.1, 0.15) is 5.41 Å². The summed E-state index contributed by atoms with van der Waals surface area (Å²) in [5.41, 5.74) is 3.54. The molecule has 3 rings (SSSR count). The predicted molar refractivity (Wildman–Crippen MR) is 99.0 cm³/mol. The van der Waals surface area contributed by atoms with Crippen LogP contribution in [0.15, 0.2) is 60.7 Å². The smallest absolute Gasteiger partial charge is 0.239 e. The number of nitriles is 1. The molecule has 134 valence electrons. The summed E-state index contributed by atoms with van der Waals surface area (Å²) in [6, 6.07) is 21.5. The molecule has 0 saturated carbocycles. The number of hydrogen-bond donors (Lipinski definition) is 1. The van der Waals surface area contributed by atoms with Crippen molar-refractivity contribution in [1.29, 1.82) is 5.26 Å². The molecule has 1 heterocycles. The van der Waals surface area contributed by atoms with E-state index < -0.39 is 11.3 Å². The molecule has 0 spiro atoms. The third-order valence-corrected chi connectivity index (χ3v) is 4.96. The van der Waals surface area contributed by atoms with E-state index in [0.717, 1.165) is 11.1 Å². The van der Waals surface area contributed by atoms with Crippen LogP contribution in [-0.2, 0) is 14.9 Å². The van der Waals surface area contributed by atoms with E-state index in [-0.39, 0.29) is 5.91 Å². The zero-order valence-electron chi connectivity index (χ0n) is 14.9. The fraction of sp³-hybridized carbons (Fsp3) is 0.333. The Hall–Kier alpha value is -2.68. The molecule has 1 aliphatic heterocycles. The zero-order valence-corrected chi connectivity index (χ0v) is 14.9. The number of hydrogen-bond acceptors (Lipinski definition) is 4. The normalized spacial score (nSPS) is 16.5. The van der Waals surface area contributed by atoms with Crippen molar-refractivity contribution in [2.24, 2.45) is 5.92 Å². The maximum atomic E-state index is 13.0. The molecule has 1 fully saturated rings. The van der Waals surface area contributed by atoms with Crippen LogP contribution in [0.2, 0.25) is 0 Å². The van der Waals surface area contributed by atoms with Crippen LogP contribution in [0.25, 0.3) is 0 Å². The van der Waals surface area contributed by atoms with Crippen LogP contribution in [0.3, 0.4) is 0 Å². The van der Waals surface area contributed by atoms with Gasteiger partial charge in [0.15, 0.2) is 0 Å². The summed E-state index contributed by atoms with van der Waals surface area (Å²) in [6.45, 7) is 4.30. The molecule has 1 unspecified atom stereocenters. The van der Waals surface area contributed by atoms with Crippen molar-refractivity contribution in [3.05, 3.63) is 71.8 Å². The van der Waals surface area contributed by atoms with Gasteiger partial charge in [-0.3, -0.25) is 10.2 Å². The molecule has 2 aromatic carbocycles. The van der Waals surface area contributed by atoms with Crippen LogP contribution < -0.4 is 5.43 Å². The minimum atomic E-state index is -1.06. The van der Waals surface area contributed by atoms with Crippen molar-refractivity contribution < 1.29 is 9.53 Å². The van der Waals surface area contributed by atoms with E-state index in [2.05, 4.69) is 11.5 Å². The van der Waals surface area contributed by atoms with Gasteiger partial charge in [-0.15, -0.1) is 0 Å². The minimum absolute atomic E-state index is 0.166. The summed E-state index contributed by atoms with van der Waals surface area (Å²) in [5, 5.41) is 12.1. The Kier molecular flexibility index (Phi) is 5.67. The number of nitrogens with one attached hydrogen (secondary N) is 1. The minimum Gasteiger partial charge on any atom is -0.379 e. The van der Waals surface area contributed by atoms with Gasteiger partial charge in [0, 0.05) is 13.1 Å². The highest BCUT2D eigenvalue weighted by Crippen LogP contribution is 2.39. The van der Waals surface area contributed by atoms with Crippen molar-refractivity contribution in [3.63, 3.8) is 0 Å². The predicted octanol–water partition coefficient (Wildman–Crippen LogP) is 2.50. The first kappa shape index (κ1) is 18.1. The number of morpholine rings is 1. The fourth-order valence-corrected chi connectivity index (χ4v) is 3.42. The number of hydrazine groups is 1. The van der Waals surface area contributed by atoms with Gasteiger partial charge in [-0.05, 0) is 11.1 Å². The fourth-order valence-electron chi connectivity index (χ4n) is 3.42. The van der Waals surface area contributed by atoms with Gasteiger partial charge in [0.2, 0.25) is 5.91 Å². The van der Waals surface area contributed by atoms with Crippen LogP contribution in [0.5, 0.6) is 0 Å². The van der Waals surface area contributed by atoms with Crippen molar-refractivity contribution >= 4 is 5.91 Å². The van der Waals surface area contributed by atoms with Gasteiger partial charge in [0.25, 0.3) is 0 Å². The van der Waals surface area contributed by atoms with Crippen LogP contribution in [-0.4, -0.2) is 37.2 Å². The zero-order chi connectivity index (χ0) is 18.4. The average Bonchev–Trinajstić information content (AvgIpc) is 2.71. The first-order valence-corrected chi connectivity index (χ1v) is 8.84. The van der Waals surface area contributed by atoms with Crippen LogP contribution in [0.4, 0.5) is 0 Å². The summed E-state index contributed by atoms with van der Waals surface area (Å²) < 4.78 is 5.32. The Balaban J connectivity index is 1.97. The number of benzene rings is 2. The van der Waals surface area contributed by atoms with Crippen LogP contribution in [0.1, 0.15) is 18.1 Å². The molecule has 5 nitrogen and oxygen atoms in total. The first-order chi connectivity index (χ1) is 12.7. The highest BCUT2D eigenvalue weighted by atomic mass is 16.5. The molecular formula is C21H23N3O2. The third-order valence-electron chi connectivity index (χ3n) is 4.96. The topological polar surface area (TPSA) is 65.4 Å². The van der Waals surface area contributed by atoms with Crippen LogP contribution >= 0.6 is 0 Å². The number of nitrogens with zero attached hydrogens (tertiary/aromatic N) is 2. The monoisotopic (exact) mass is 349 g/mol. The first-order valence-electron chi connectivity index (χ1n) is 8.84. The molecule has 0 aromatic heterocycles. The number of amides is 1. The van der Waals surface area contributed by atoms with E-state index in [1.807, 2.05) is 72.6 Å². The lowest BCUT2D eigenvalue weighted by Gasteiger charge is -2.35. The molecule has 0 bridgehead atoms. The maximum absolute atomic E-state index is 13.0. The van der Waals surface area contributed by atoms with Gasteiger partial charge in [-0.2, -0.15) is 5.26 Å². The number of ether oxygens (including phenoxy) is 1. The Morgan fingerprint density at radius 3 is 2.04 bits per heavy atom. The average molecular weight is 349 g/mol. The molecule has 2 aromatic rings. The molecule has 26 heavy (non-hydrogen) atoms. The van der Waals surface area contributed by atoms with E-state index in [0.29, 0.717) is 26.3 Å². The number of carbonyl (C=O) groups is 1. The van der Waals surface area contributed by atoms with Crippen molar-refractivity contribution in [1.82, 2.24) is 10.4 Å². The van der Waals surface area contributed by atoms with E-state index >= 15 is 0 Å². The van der Waals surface area contributed by atoms with Gasteiger partial charge >= 0.3 is 0 Å². The van der Waals surface area contributed by atoms with E-state index in [1.165, 1.54) is 0 Å². The van der Waals surface area contributed by atoms with E-state index in [9.17, 15) is 10.1 Å². The standard InChI is InChI=1S/C21H23N3O2/c1-17(20(25)23-24-12-14-26-15-13-24)21(16-22,18-8-4-2-5-9-18)19-10-6-3-7-11-19/h2-11,17H,12-15H2,1H3,(H,23,25). The number of rotatable bonds is 5. The maximum Gasteiger partial charge on any atom is 0.239 e. The summed E-state index contributed by atoms with van der Waals surface area (Å²) in [7, 11) is 0. The molecule has 1 N–H and O–H groups in total. The second kappa shape index (κ2) is 8.13. The van der Waals surface area contributed by atoms with Gasteiger partial charge < -0.3 is 4.74 Å². The summed E-state index contributed by atoms with van der Waals surface area (Å²) in [5.74, 6) is -0.735. The second-order valence-electron chi connectivity index (χ2n) is 6.45. The van der Waals surface area contributed by atoms with Crippen LogP contribution in [0, 0.1) is 17.2 Å². The molecule has 1 amide bonds. The largest absolute Gasteiger partial charge is 0.379 e. The Bertz CT molecular complexity index is 725. The van der Waals surface area contributed by atoms with Crippen molar-refractivity contribution in [2.45, 2.75) is 12.3 Å². The Morgan fingerprint density at radius 2 is 1.58 bits per heavy atom. The number of carbonyl (C=O) groups excluding carboxylic acids is 1. The molecular weight excluding hydrogens is 326 g/mol. The molecule has 0 radical (unpaired) electrons. The molecule has 1 saturated heterocycles. The lowest BCUT2D eigenvalue weighted by molar-refractivity contribution is -0.132. The molecule has 1 atom stereocenters. The summed E-state index contributed by atoms with van der Waals surface area (Å²) in [4.78, 5) is 13.0. The molecule has 5 heteroatoms. The molecule has 1 aliphatic rings. The highest BCUT2D eigenvalue weighted by molar-refractivity contribution is 5.81. The van der Waals surface area contributed by atoms with Crippen molar-refractivity contribution in [2.75, 3.05) is 26.3 Å². The highest BCUT2D eigenvalue weighted by Gasteiger charge is 2.44. The summed E-state index contributed by atoms with van der Waals surface area (Å²) >= 11 is 0. The lowest BCUT2D eigenvalue weighted by atomic mass is 9.67. The quantitative estimate of drug-likeness (QED) is 0.901. The van der Waals surface area contributed by atoms with E-state index in [4.69, 9.17) is 4.74 Å². The second-order valence-corrected chi connectivity index (χ2v) is 6.45. The molecule has 0 aliphatic carbocycles.